The zero-order valence-corrected chi connectivity index (χ0v) is 12.4. The fraction of sp³-hybridized carbons (Fsp3) is 0.571. The van der Waals surface area contributed by atoms with Gasteiger partial charge in [-0.1, -0.05) is 24.3 Å². The van der Waals surface area contributed by atoms with Crippen molar-refractivity contribution in [3.63, 3.8) is 0 Å². The highest BCUT2D eigenvalue weighted by molar-refractivity contribution is 7.88. The molecule has 0 radical (unpaired) electrons. The van der Waals surface area contributed by atoms with Crippen molar-refractivity contribution in [2.45, 2.75) is 37.7 Å². The van der Waals surface area contributed by atoms with E-state index in [1.54, 1.807) is 24.3 Å². The maximum atomic E-state index is 12.2. The molecule has 0 aliphatic carbocycles. The summed E-state index contributed by atoms with van der Waals surface area (Å²) in [6.45, 7) is 2.87. The summed E-state index contributed by atoms with van der Waals surface area (Å²) in [6.07, 6.45) is 1.64. The standard InChI is InChI=1S/C14H21NO4S/c1-14(6-3-7-19-11-14)15-20(17,18)10-13-5-2-4-12(8-13)9-16/h2,4-5,8,15-16H,3,6-7,9-11H2,1H3. The van der Waals surface area contributed by atoms with Gasteiger partial charge in [0, 0.05) is 6.61 Å². The van der Waals surface area contributed by atoms with E-state index >= 15 is 0 Å². The fourth-order valence-electron chi connectivity index (χ4n) is 2.46. The minimum atomic E-state index is -3.43. The number of aliphatic hydroxyl groups excluding tert-OH is 1. The molecule has 1 aliphatic heterocycles. The van der Waals surface area contributed by atoms with Gasteiger partial charge < -0.3 is 9.84 Å². The van der Waals surface area contributed by atoms with Crippen LogP contribution in [-0.2, 0) is 27.1 Å². The van der Waals surface area contributed by atoms with Gasteiger partial charge in [-0.3, -0.25) is 0 Å². The number of rotatable bonds is 5. The van der Waals surface area contributed by atoms with Crippen molar-refractivity contribution in [3.8, 4) is 0 Å². The van der Waals surface area contributed by atoms with Gasteiger partial charge in [0.15, 0.2) is 0 Å². The van der Waals surface area contributed by atoms with Crippen LogP contribution in [0.5, 0.6) is 0 Å². The van der Waals surface area contributed by atoms with Crippen LogP contribution in [0.25, 0.3) is 0 Å². The van der Waals surface area contributed by atoms with E-state index in [0.29, 0.717) is 24.3 Å². The number of hydrogen-bond acceptors (Lipinski definition) is 4. The van der Waals surface area contributed by atoms with Gasteiger partial charge in [0.2, 0.25) is 10.0 Å². The van der Waals surface area contributed by atoms with Crippen LogP contribution in [0.1, 0.15) is 30.9 Å². The first kappa shape index (κ1) is 15.4. The maximum Gasteiger partial charge on any atom is 0.216 e. The quantitative estimate of drug-likeness (QED) is 0.856. The number of aliphatic hydroxyl groups is 1. The van der Waals surface area contributed by atoms with Gasteiger partial charge in [-0.2, -0.15) is 0 Å². The van der Waals surface area contributed by atoms with E-state index in [1.165, 1.54) is 0 Å². The van der Waals surface area contributed by atoms with E-state index in [-0.39, 0.29) is 12.4 Å². The van der Waals surface area contributed by atoms with E-state index in [0.717, 1.165) is 12.8 Å². The summed E-state index contributed by atoms with van der Waals surface area (Å²) in [7, 11) is -3.43. The van der Waals surface area contributed by atoms with E-state index in [4.69, 9.17) is 9.84 Å². The molecule has 6 heteroatoms. The van der Waals surface area contributed by atoms with Gasteiger partial charge in [0.1, 0.15) is 0 Å². The first-order valence-electron chi connectivity index (χ1n) is 6.71. The Hall–Kier alpha value is -0.950. The Morgan fingerprint density at radius 3 is 2.80 bits per heavy atom. The largest absolute Gasteiger partial charge is 0.392 e. The summed E-state index contributed by atoms with van der Waals surface area (Å²) >= 11 is 0. The van der Waals surface area contributed by atoms with Crippen LogP contribution in [-0.4, -0.2) is 32.3 Å². The highest BCUT2D eigenvalue weighted by Gasteiger charge is 2.32. The van der Waals surface area contributed by atoms with E-state index in [1.807, 2.05) is 6.92 Å². The van der Waals surface area contributed by atoms with Crippen molar-refractivity contribution in [1.82, 2.24) is 4.72 Å². The summed E-state index contributed by atoms with van der Waals surface area (Å²) < 4.78 is 32.6. The molecule has 1 fully saturated rings. The van der Waals surface area contributed by atoms with Gasteiger partial charge in [0.25, 0.3) is 0 Å². The number of benzene rings is 1. The van der Waals surface area contributed by atoms with Gasteiger partial charge in [-0.15, -0.1) is 0 Å². The van der Waals surface area contributed by atoms with E-state index in [2.05, 4.69) is 4.72 Å². The molecule has 0 amide bonds. The third-order valence-corrected chi connectivity index (χ3v) is 4.89. The van der Waals surface area contributed by atoms with Gasteiger partial charge in [-0.05, 0) is 30.9 Å². The van der Waals surface area contributed by atoms with Gasteiger partial charge in [-0.25, -0.2) is 13.1 Å². The van der Waals surface area contributed by atoms with Crippen molar-refractivity contribution in [3.05, 3.63) is 35.4 Å². The molecule has 5 nitrogen and oxygen atoms in total. The molecule has 1 atom stereocenters. The van der Waals surface area contributed by atoms with Crippen LogP contribution in [0.15, 0.2) is 24.3 Å². The van der Waals surface area contributed by atoms with Crippen LogP contribution < -0.4 is 4.72 Å². The predicted molar refractivity (Wildman–Crippen MR) is 76.6 cm³/mol. The average molecular weight is 299 g/mol. The molecule has 0 bridgehead atoms. The van der Waals surface area contributed by atoms with Crippen LogP contribution >= 0.6 is 0 Å². The SMILES string of the molecule is CC1(NS(=O)(=O)Cc2cccc(CO)c2)CCCOC1. The smallest absolute Gasteiger partial charge is 0.216 e. The molecule has 0 aromatic heterocycles. The number of nitrogens with one attached hydrogen (secondary N) is 1. The molecule has 1 saturated heterocycles. The fourth-order valence-corrected chi connectivity index (χ4v) is 4.07. The molecule has 0 spiro atoms. The van der Waals surface area contributed by atoms with Crippen LogP contribution in [0, 0.1) is 0 Å². The molecule has 112 valence electrons. The van der Waals surface area contributed by atoms with Crippen LogP contribution in [0.4, 0.5) is 0 Å². The lowest BCUT2D eigenvalue weighted by atomic mass is 9.97. The molecular weight excluding hydrogens is 278 g/mol. The topological polar surface area (TPSA) is 75.6 Å². The minimum absolute atomic E-state index is 0.0869. The Morgan fingerprint density at radius 2 is 2.15 bits per heavy atom. The van der Waals surface area contributed by atoms with Crippen molar-refractivity contribution < 1.29 is 18.3 Å². The predicted octanol–water partition coefficient (Wildman–Crippen LogP) is 1.17. The lowest BCUT2D eigenvalue weighted by Gasteiger charge is -2.33. The summed E-state index contributed by atoms with van der Waals surface area (Å²) in [5.74, 6) is -0.0869. The second kappa shape index (κ2) is 6.22. The van der Waals surface area contributed by atoms with E-state index < -0.39 is 15.6 Å². The molecule has 2 rings (SSSR count). The Morgan fingerprint density at radius 1 is 1.40 bits per heavy atom. The Kier molecular flexibility index (Phi) is 4.80. The summed E-state index contributed by atoms with van der Waals surface area (Å²) in [5.41, 5.74) is 0.861. The zero-order valence-electron chi connectivity index (χ0n) is 11.6. The van der Waals surface area contributed by atoms with E-state index in [9.17, 15) is 8.42 Å². The molecule has 1 aromatic carbocycles. The Bertz CT molecular complexity index is 550. The summed E-state index contributed by atoms with van der Waals surface area (Å²) in [6, 6.07) is 6.97. The van der Waals surface area contributed by atoms with Crippen molar-refractivity contribution in [1.29, 1.82) is 0 Å². The molecule has 1 unspecified atom stereocenters. The number of hydrogen-bond donors (Lipinski definition) is 2. The van der Waals surface area contributed by atoms with Gasteiger partial charge in [0.05, 0.1) is 24.5 Å². The van der Waals surface area contributed by atoms with Crippen LogP contribution in [0.3, 0.4) is 0 Å². The third kappa shape index (κ3) is 4.28. The second-order valence-electron chi connectivity index (χ2n) is 5.56. The second-order valence-corrected chi connectivity index (χ2v) is 7.28. The number of ether oxygens (including phenoxy) is 1. The van der Waals surface area contributed by atoms with Crippen molar-refractivity contribution >= 4 is 10.0 Å². The van der Waals surface area contributed by atoms with Gasteiger partial charge >= 0.3 is 0 Å². The van der Waals surface area contributed by atoms with Crippen LogP contribution in [0.2, 0.25) is 0 Å². The van der Waals surface area contributed by atoms with Crippen molar-refractivity contribution in [2.24, 2.45) is 0 Å². The molecule has 20 heavy (non-hydrogen) atoms. The molecule has 1 aliphatic rings. The molecular formula is C14H21NO4S. The molecule has 0 saturated carbocycles. The lowest BCUT2D eigenvalue weighted by Crippen LogP contribution is -2.51. The zero-order chi connectivity index (χ0) is 14.6. The lowest BCUT2D eigenvalue weighted by molar-refractivity contribution is 0.0386. The normalized spacial score (nSPS) is 23.7. The molecule has 1 aromatic rings. The number of sulfonamides is 1. The molecule has 1 heterocycles. The minimum Gasteiger partial charge on any atom is -0.392 e. The first-order valence-corrected chi connectivity index (χ1v) is 8.36. The summed E-state index contributed by atoms with van der Waals surface area (Å²) in [5, 5.41) is 9.08. The Labute approximate surface area is 120 Å². The van der Waals surface area contributed by atoms with Crippen molar-refractivity contribution in [2.75, 3.05) is 13.2 Å². The average Bonchev–Trinajstić information content (AvgIpc) is 2.37. The maximum absolute atomic E-state index is 12.2. The summed E-state index contributed by atoms with van der Waals surface area (Å²) in [4.78, 5) is 0. The molecule has 2 N–H and O–H groups in total. The highest BCUT2D eigenvalue weighted by Crippen LogP contribution is 2.20. The Balaban J connectivity index is 2.06. The first-order chi connectivity index (χ1) is 9.42. The third-order valence-electron chi connectivity index (χ3n) is 3.37. The monoisotopic (exact) mass is 299 g/mol. The highest BCUT2D eigenvalue weighted by atomic mass is 32.2.